The van der Waals surface area contributed by atoms with Crippen molar-refractivity contribution in [3.05, 3.63) is 12.2 Å². The summed E-state index contributed by atoms with van der Waals surface area (Å²) in [7, 11) is 0. The van der Waals surface area contributed by atoms with Crippen molar-refractivity contribution >= 4 is 5.78 Å². The fraction of sp³-hybridized carbons (Fsp3) is 0.850. The molecule has 24 heavy (non-hydrogen) atoms. The Morgan fingerprint density at radius 2 is 1.42 bits per heavy atom. The first-order chi connectivity index (χ1) is 11.5. The number of hydrogen-bond acceptors (Lipinski definition) is 4. The van der Waals surface area contributed by atoms with Gasteiger partial charge in [-0.05, 0) is 18.6 Å². The van der Waals surface area contributed by atoms with Crippen LogP contribution in [0, 0.1) is 0 Å². The Hall–Kier alpha value is -0.710. The van der Waals surface area contributed by atoms with E-state index in [1.54, 1.807) is 0 Å². The zero-order chi connectivity index (χ0) is 17.8. The molecule has 0 aromatic carbocycles. The first kappa shape index (κ1) is 21.3. The monoisotopic (exact) mass is 340 g/mol. The second-order valence-corrected chi connectivity index (χ2v) is 7.19. The van der Waals surface area contributed by atoms with Crippen LogP contribution >= 0.6 is 0 Å². The van der Waals surface area contributed by atoms with Gasteiger partial charge in [-0.1, -0.05) is 84.0 Å². The van der Waals surface area contributed by atoms with Gasteiger partial charge in [-0.2, -0.15) is 0 Å². The Bertz CT molecular complexity index is 380. The highest BCUT2D eigenvalue weighted by molar-refractivity contribution is 6.00. The second kappa shape index (κ2) is 11.8. The summed E-state index contributed by atoms with van der Waals surface area (Å²) in [5.74, 6) is -0.596. The quantitative estimate of drug-likeness (QED) is 0.422. The van der Waals surface area contributed by atoms with Crippen LogP contribution in [0.15, 0.2) is 12.2 Å². The average molecular weight is 341 g/mol. The molecular formula is C20H36O4. The molecule has 1 unspecified atom stereocenters. The molecule has 0 aromatic rings. The van der Waals surface area contributed by atoms with Gasteiger partial charge in [0.25, 0.3) is 0 Å². The van der Waals surface area contributed by atoms with E-state index in [1.165, 1.54) is 63.9 Å². The summed E-state index contributed by atoms with van der Waals surface area (Å²) in [5.41, 5.74) is -2.03. The Morgan fingerprint density at radius 1 is 0.958 bits per heavy atom. The lowest BCUT2D eigenvalue weighted by atomic mass is 9.87. The van der Waals surface area contributed by atoms with Gasteiger partial charge < -0.3 is 15.3 Å². The smallest absolute Gasteiger partial charge is 0.192 e. The molecule has 0 amide bonds. The molecule has 0 heterocycles. The molecule has 0 radical (unpaired) electrons. The number of carbonyl (C=O) groups excluding carboxylic acids is 1. The van der Waals surface area contributed by atoms with E-state index < -0.39 is 23.6 Å². The molecule has 4 nitrogen and oxygen atoms in total. The van der Waals surface area contributed by atoms with Crippen LogP contribution in [0.1, 0.15) is 90.4 Å². The number of hydrogen-bond donors (Lipinski definition) is 3. The van der Waals surface area contributed by atoms with Crippen LogP contribution in [0.3, 0.4) is 0 Å². The Kier molecular flexibility index (Phi) is 10.5. The molecule has 0 aliphatic heterocycles. The van der Waals surface area contributed by atoms with Crippen molar-refractivity contribution in [1.82, 2.24) is 0 Å². The third-order valence-electron chi connectivity index (χ3n) is 5.11. The Balaban J connectivity index is 1.96. The molecule has 3 atom stereocenters. The van der Waals surface area contributed by atoms with Gasteiger partial charge in [0.2, 0.25) is 0 Å². The van der Waals surface area contributed by atoms with E-state index in [0.717, 1.165) is 25.3 Å². The normalized spacial score (nSPS) is 24.7. The summed E-state index contributed by atoms with van der Waals surface area (Å²) < 4.78 is 0. The summed E-state index contributed by atoms with van der Waals surface area (Å²) in [4.78, 5) is 11.6. The molecule has 1 rings (SSSR count). The fourth-order valence-electron chi connectivity index (χ4n) is 3.36. The van der Waals surface area contributed by atoms with Crippen molar-refractivity contribution < 1.29 is 20.1 Å². The maximum absolute atomic E-state index is 11.6. The molecule has 0 bridgehead atoms. The van der Waals surface area contributed by atoms with Crippen molar-refractivity contribution in [2.45, 2.75) is 108 Å². The minimum Gasteiger partial charge on any atom is -0.390 e. The molecule has 0 aromatic heterocycles. The minimum atomic E-state index is -2.03. The summed E-state index contributed by atoms with van der Waals surface area (Å²) >= 11 is 0. The Labute approximate surface area is 147 Å². The van der Waals surface area contributed by atoms with Gasteiger partial charge in [-0.25, -0.2) is 0 Å². The van der Waals surface area contributed by atoms with Crippen LogP contribution in [-0.4, -0.2) is 38.9 Å². The van der Waals surface area contributed by atoms with E-state index >= 15 is 0 Å². The highest BCUT2D eigenvalue weighted by atomic mass is 16.4. The van der Waals surface area contributed by atoms with Crippen LogP contribution < -0.4 is 0 Å². The summed E-state index contributed by atoms with van der Waals surface area (Å²) in [5, 5.41) is 29.9. The SMILES string of the molecule is CCCCCCCCCCCCCCC(O)[C@@]1(O)C(=O)C=C[C@@H]1O. The van der Waals surface area contributed by atoms with Crippen molar-refractivity contribution in [3.63, 3.8) is 0 Å². The maximum atomic E-state index is 11.6. The van der Waals surface area contributed by atoms with Gasteiger partial charge in [0.05, 0.1) is 6.10 Å². The van der Waals surface area contributed by atoms with E-state index in [2.05, 4.69) is 6.92 Å². The van der Waals surface area contributed by atoms with E-state index in [9.17, 15) is 20.1 Å². The van der Waals surface area contributed by atoms with Gasteiger partial charge >= 0.3 is 0 Å². The van der Waals surface area contributed by atoms with E-state index in [4.69, 9.17) is 0 Å². The molecule has 3 N–H and O–H groups in total. The van der Waals surface area contributed by atoms with Gasteiger partial charge in [0.15, 0.2) is 11.4 Å². The average Bonchev–Trinajstić information content (AvgIpc) is 2.84. The predicted octanol–water partition coefficient (Wildman–Crippen LogP) is 3.67. The number of aliphatic hydroxyl groups excluding tert-OH is 2. The summed E-state index contributed by atoms with van der Waals surface area (Å²) in [6.07, 6.45) is 15.0. The standard InChI is InChI=1S/C20H36O4/c1-2-3-4-5-6-7-8-9-10-11-12-13-14-17(21)20(24)18(22)15-16-19(20)23/h15-18,21-22,24H,2-14H2,1H3/t17?,18-,20-/m0/s1. The number of rotatable bonds is 14. The molecule has 1 aliphatic carbocycles. The third-order valence-corrected chi connectivity index (χ3v) is 5.11. The van der Waals surface area contributed by atoms with Crippen LogP contribution in [-0.2, 0) is 4.79 Å². The van der Waals surface area contributed by atoms with E-state index in [0.29, 0.717) is 6.42 Å². The molecule has 0 saturated heterocycles. The topological polar surface area (TPSA) is 77.8 Å². The molecule has 4 heteroatoms. The van der Waals surface area contributed by atoms with Crippen LogP contribution in [0.5, 0.6) is 0 Å². The summed E-state index contributed by atoms with van der Waals surface area (Å²) in [6.45, 7) is 2.24. The lowest BCUT2D eigenvalue weighted by Crippen LogP contribution is -2.54. The number of carbonyl (C=O) groups is 1. The van der Waals surface area contributed by atoms with Crippen molar-refractivity contribution in [3.8, 4) is 0 Å². The zero-order valence-corrected chi connectivity index (χ0v) is 15.3. The highest BCUT2D eigenvalue weighted by Gasteiger charge is 2.50. The minimum absolute atomic E-state index is 0.346. The molecule has 0 fully saturated rings. The molecule has 0 spiro atoms. The van der Waals surface area contributed by atoms with Gasteiger partial charge in [0.1, 0.15) is 6.10 Å². The molecular weight excluding hydrogens is 304 g/mol. The van der Waals surface area contributed by atoms with E-state index in [1.807, 2.05) is 0 Å². The number of aliphatic hydroxyl groups is 3. The third kappa shape index (κ3) is 6.66. The summed E-state index contributed by atoms with van der Waals surface area (Å²) in [6, 6.07) is 0. The van der Waals surface area contributed by atoms with Gasteiger partial charge in [-0.3, -0.25) is 4.79 Å². The van der Waals surface area contributed by atoms with E-state index in [-0.39, 0.29) is 0 Å². The maximum Gasteiger partial charge on any atom is 0.192 e. The Morgan fingerprint density at radius 3 is 1.83 bits per heavy atom. The number of ketones is 1. The van der Waals surface area contributed by atoms with Gasteiger partial charge in [-0.15, -0.1) is 0 Å². The van der Waals surface area contributed by atoms with Crippen molar-refractivity contribution in [2.24, 2.45) is 0 Å². The number of unbranched alkanes of at least 4 members (excludes halogenated alkanes) is 11. The van der Waals surface area contributed by atoms with Crippen LogP contribution in [0.4, 0.5) is 0 Å². The van der Waals surface area contributed by atoms with Crippen LogP contribution in [0.2, 0.25) is 0 Å². The largest absolute Gasteiger partial charge is 0.390 e. The predicted molar refractivity (Wildman–Crippen MR) is 96.8 cm³/mol. The first-order valence-corrected chi connectivity index (χ1v) is 9.84. The zero-order valence-electron chi connectivity index (χ0n) is 15.3. The second-order valence-electron chi connectivity index (χ2n) is 7.19. The van der Waals surface area contributed by atoms with Crippen molar-refractivity contribution in [1.29, 1.82) is 0 Å². The molecule has 0 saturated carbocycles. The lowest BCUT2D eigenvalue weighted by Gasteiger charge is -2.30. The molecule has 1 aliphatic rings. The van der Waals surface area contributed by atoms with Crippen LogP contribution in [0.25, 0.3) is 0 Å². The van der Waals surface area contributed by atoms with Gasteiger partial charge in [0, 0.05) is 0 Å². The molecule has 140 valence electrons. The highest BCUT2D eigenvalue weighted by Crippen LogP contribution is 2.27. The lowest BCUT2D eigenvalue weighted by molar-refractivity contribution is -0.158. The fourth-order valence-corrected chi connectivity index (χ4v) is 3.36. The first-order valence-electron chi connectivity index (χ1n) is 9.84. The van der Waals surface area contributed by atoms with Crippen molar-refractivity contribution in [2.75, 3.05) is 0 Å².